The van der Waals surface area contributed by atoms with Gasteiger partial charge < -0.3 is 19.6 Å². The molecule has 3 aromatic heterocycles. The third-order valence-electron chi connectivity index (χ3n) is 7.60. The predicted molar refractivity (Wildman–Crippen MR) is 131 cm³/mol. The van der Waals surface area contributed by atoms with Crippen LogP contribution in [0.4, 0.5) is 14.7 Å². The molecule has 7 rings (SSSR count). The lowest BCUT2D eigenvalue weighted by molar-refractivity contribution is -0.0505. The van der Waals surface area contributed by atoms with Gasteiger partial charge in [-0.3, -0.25) is 4.79 Å². The Morgan fingerprint density at radius 3 is 2.63 bits per heavy atom. The molecular weight excluding hydrogens is 496 g/mol. The fraction of sp³-hybridized carbons (Fsp3) is 0.346. The molecule has 194 valence electrons. The van der Waals surface area contributed by atoms with Crippen molar-refractivity contribution in [3.05, 3.63) is 65.2 Å². The van der Waals surface area contributed by atoms with Crippen molar-refractivity contribution in [2.75, 3.05) is 25.0 Å². The molecule has 0 spiro atoms. The SMILES string of the molecule is CN1C(=O)c2cccc(OC(F)F)c2C2CC1c1nn3ccc(-c4cnc(N5CC(C)(O)C5)nc4)nc3c12. The van der Waals surface area contributed by atoms with Gasteiger partial charge in [0.1, 0.15) is 5.75 Å². The van der Waals surface area contributed by atoms with Gasteiger partial charge in [0.15, 0.2) is 5.65 Å². The Morgan fingerprint density at radius 1 is 1.16 bits per heavy atom. The number of hydrogen-bond donors (Lipinski definition) is 1. The number of nitrogens with zero attached hydrogens (tertiary/aromatic N) is 7. The van der Waals surface area contributed by atoms with Crippen LogP contribution in [0.1, 0.15) is 52.5 Å². The summed E-state index contributed by atoms with van der Waals surface area (Å²) in [6, 6.07) is 6.15. The average Bonchev–Trinajstić information content (AvgIpc) is 3.40. The van der Waals surface area contributed by atoms with E-state index in [0.29, 0.717) is 59.2 Å². The number of fused-ring (bicyclic) bond motifs is 9. The zero-order valence-electron chi connectivity index (χ0n) is 20.5. The molecule has 0 saturated carbocycles. The average molecular weight is 520 g/mol. The highest BCUT2D eigenvalue weighted by atomic mass is 19.3. The maximum absolute atomic E-state index is 13.3. The minimum absolute atomic E-state index is 0.0118. The number of alkyl halides is 2. The summed E-state index contributed by atoms with van der Waals surface area (Å²) in [4.78, 5) is 30.5. The summed E-state index contributed by atoms with van der Waals surface area (Å²) in [5.41, 5.74) is 3.45. The van der Waals surface area contributed by atoms with E-state index in [2.05, 4.69) is 9.97 Å². The van der Waals surface area contributed by atoms with Gasteiger partial charge in [0.2, 0.25) is 5.95 Å². The Bertz CT molecular complexity index is 1600. The van der Waals surface area contributed by atoms with Gasteiger partial charge in [0, 0.05) is 53.8 Å². The lowest BCUT2D eigenvalue weighted by Crippen LogP contribution is -2.60. The van der Waals surface area contributed by atoms with Gasteiger partial charge in [-0.15, -0.1) is 0 Å². The van der Waals surface area contributed by atoms with Gasteiger partial charge in [-0.25, -0.2) is 19.5 Å². The number of carbonyl (C=O) groups excluding carboxylic acids is 1. The summed E-state index contributed by atoms with van der Waals surface area (Å²) >= 11 is 0. The zero-order valence-corrected chi connectivity index (χ0v) is 20.5. The van der Waals surface area contributed by atoms with E-state index < -0.39 is 18.1 Å². The molecule has 1 N–H and O–H groups in total. The van der Waals surface area contributed by atoms with Crippen LogP contribution >= 0.6 is 0 Å². The second kappa shape index (κ2) is 7.90. The number of amides is 1. The van der Waals surface area contributed by atoms with Crippen molar-refractivity contribution in [3.8, 4) is 17.0 Å². The molecule has 3 aliphatic rings. The normalized spacial score (nSPS) is 21.4. The van der Waals surface area contributed by atoms with Crippen LogP contribution in [-0.4, -0.2) is 72.8 Å². The summed E-state index contributed by atoms with van der Waals surface area (Å²) in [7, 11) is 1.70. The van der Waals surface area contributed by atoms with Crippen molar-refractivity contribution in [2.24, 2.45) is 0 Å². The summed E-state index contributed by atoms with van der Waals surface area (Å²) in [6.45, 7) is -0.312. The van der Waals surface area contributed by atoms with Crippen molar-refractivity contribution >= 4 is 17.5 Å². The number of ether oxygens (including phenoxy) is 1. The van der Waals surface area contributed by atoms with Crippen LogP contribution in [0.25, 0.3) is 16.9 Å². The standard InChI is InChI=1S/C26H23F2N7O3/c1-26(37)11-34(12-26)25-29-9-13(10-30-25)16-6-7-35-22(31-16)20-15-8-17(21(20)32-35)33(2)23(36)14-4-3-5-18(19(14)15)38-24(27)28/h3-7,9-10,15,17,24,37H,8,11-12H2,1-2H3. The summed E-state index contributed by atoms with van der Waals surface area (Å²) in [6.07, 6.45) is 5.65. The molecule has 1 saturated heterocycles. The number of β-amino-alcohol motifs (C(OH)–C–C–N with tert-alkyl or cyclic N) is 1. The van der Waals surface area contributed by atoms with E-state index in [-0.39, 0.29) is 17.7 Å². The lowest BCUT2D eigenvalue weighted by atomic mass is 9.89. The van der Waals surface area contributed by atoms with Crippen molar-refractivity contribution in [1.29, 1.82) is 0 Å². The van der Waals surface area contributed by atoms with Gasteiger partial charge >= 0.3 is 6.61 Å². The number of anilines is 1. The predicted octanol–water partition coefficient (Wildman–Crippen LogP) is 3.02. The van der Waals surface area contributed by atoms with E-state index >= 15 is 0 Å². The molecule has 0 radical (unpaired) electrons. The van der Waals surface area contributed by atoms with Crippen molar-refractivity contribution < 1.29 is 23.4 Å². The summed E-state index contributed by atoms with van der Waals surface area (Å²) < 4.78 is 33.1. The molecule has 2 atom stereocenters. The minimum Gasteiger partial charge on any atom is -0.434 e. The molecule has 1 aliphatic carbocycles. The first-order valence-electron chi connectivity index (χ1n) is 12.2. The first-order valence-corrected chi connectivity index (χ1v) is 12.2. The van der Waals surface area contributed by atoms with Crippen LogP contribution in [0, 0.1) is 0 Å². The molecule has 2 bridgehead atoms. The summed E-state index contributed by atoms with van der Waals surface area (Å²) in [5.74, 6) is -0.133. The number of carbonyl (C=O) groups is 1. The van der Waals surface area contributed by atoms with E-state index in [9.17, 15) is 18.7 Å². The molecule has 2 unspecified atom stereocenters. The molecular formula is C26H23F2N7O3. The van der Waals surface area contributed by atoms with E-state index in [0.717, 1.165) is 5.56 Å². The van der Waals surface area contributed by atoms with Gasteiger partial charge in [0.05, 0.1) is 36.1 Å². The Morgan fingerprint density at radius 2 is 1.92 bits per heavy atom. The quantitative estimate of drug-likeness (QED) is 0.438. The highest BCUT2D eigenvalue weighted by Gasteiger charge is 2.46. The number of halogens is 2. The number of hydrogen-bond acceptors (Lipinski definition) is 8. The summed E-state index contributed by atoms with van der Waals surface area (Å²) in [5, 5.41) is 14.7. The second-order valence-electron chi connectivity index (χ2n) is 10.3. The van der Waals surface area contributed by atoms with Crippen molar-refractivity contribution in [3.63, 3.8) is 0 Å². The Labute approximate surface area is 215 Å². The smallest absolute Gasteiger partial charge is 0.387 e. The first kappa shape index (κ1) is 23.0. The number of aromatic nitrogens is 5. The van der Waals surface area contributed by atoms with E-state index in [1.54, 1.807) is 60.2 Å². The third kappa shape index (κ3) is 3.36. The Kier molecular flexibility index (Phi) is 4.78. The Hall–Kier alpha value is -4.19. The second-order valence-corrected chi connectivity index (χ2v) is 10.3. The lowest BCUT2D eigenvalue weighted by Gasteiger charge is -2.44. The Balaban J connectivity index is 1.32. The van der Waals surface area contributed by atoms with Crippen LogP contribution in [0.5, 0.6) is 5.75 Å². The number of rotatable bonds is 4. The molecule has 38 heavy (non-hydrogen) atoms. The van der Waals surface area contributed by atoms with E-state index in [4.69, 9.17) is 14.8 Å². The minimum atomic E-state index is -3.02. The van der Waals surface area contributed by atoms with Gasteiger partial charge in [-0.2, -0.15) is 13.9 Å². The molecule has 12 heteroatoms. The largest absolute Gasteiger partial charge is 0.434 e. The van der Waals surface area contributed by atoms with Crippen LogP contribution < -0.4 is 9.64 Å². The molecule has 2 aliphatic heterocycles. The van der Waals surface area contributed by atoms with Crippen molar-refractivity contribution in [1.82, 2.24) is 29.5 Å². The molecule has 4 aromatic rings. The molecule has 5 heterocycles. The van der Waals surface area contributed by atoms with E-state index in [1.165, 1.54) is 6.07 Å². The van der Waals surface area contributed by atoms with Crippen LogP contribution in [0.2, 0.25) is 0 Å². The highest BCUT2D eigenvalue weighted by molar-refractivity contribution is 5.98. The zero-order chi connectivity index (χ0) is 26.3. The van der Waals surface area contributed by atoms with Gasteiger partial charge in [0.25, 0.3) is 5.91 Å². The maximum Gasteiger partial charge on any atom is 0.387 e. The van der Waals surface area contributed by atoms with Gasteiger partial charge in [-0.1, -0.05) is 6.07 Å². The first-order chi connectivity index (χ1) is 18.2. The number of aliphatic hydroxyl groups is 1. The monoisotopic (exact) mass is 519 g/mol. The molecule has 1 fully saturated rings. The maximum atomic E-state index is 13.3. The number of benzene rings is 1. The van der Waals surface area contributed by atoms with Crippen LogP contribution in [0.3, 0.4) is 0 Å². The molecule has 10 nitrogen and oxygen atoms in total. The van der Waals surface area contributed by atoms with Crippen molar-refractivity contribution in [2.45, 2.75) is 37.5 Å². The van der Waals surface area contributed by atoms with E-state index in [1.807, 2.05) is 4.90 Å². The van der Waals surface area contributed by atoms with Crippen LogP contribution in [0.15, 0.2) is 42.9 Å². The fourth-order valence-electron chi connectivity index (χ4n) is 5.92. The highest BCUT2D eigenvalue weighted by Crippen LogP contribution is 2.53. The molecule has 1 amide bonds. The fourth-order valence-corrected chi connectivity index (χ4v) is 5.92. The third-order valence-corrected chi connectivity index (χ3v) is 7.60. The molecule has 1 aromatic carbocycles. The topological polar surface area (TPSA) is 109 Å². The van der Waals surface area contributed by atoms with Crippen LogP contribution in [-0.2, 0) is 0 Å². The van der Waals surface area contributed by atoms with Gasteiger partial charge in [-0.05, 0) is 31.5 Å².